The fourth-order valence-electron chi connectivity index (χ4n) is 2.86. The number of anilines is 1. The molecule has 1 atom stereocenters. The Balaban J connectivity index is 2.34. The second-order valence-corrected chi connectivity index (χ2v) is 5.47. The minimum atomic E-state index is 0.0828. The predicted molar refractivity (Wildman–Crippen MR) is 77.3 cm³/mol. The normalized spacial score (nSPS) is 20.8. The molecule has 0 radical (unpaired) electrons. The van der Waals surface area contributed by atoms with Crippen LogP contribution in [0, 0.1) is 0 Å². The van der Waals surface area contributed by atoms with Crippen LogP contribution < -0.4 is 4.90 Å². The zero-order chi connectivity index (χ0) is 13.0. The topological polar surface area (TPSA) is 23.5 Å². The minimum absolute atomic E-state index is 0.0828. The smallest absolute Gasteiger partial charge is 0.0702 e. The Hall–Kier alpha value is -0.730. The van der Waals surface area contributed by atoms with Gasteiger partial charge in [0.15, 0.2) is 0 Å². The van der Waals surface area contributed by atoms with E-state index >= 15 is 0 Å². The average molecular weight is 268 g/mol. The van der Waals surface area contributed by atoms with Gasteiger partial charge in [0.25, 0.3) is 0 Å². The molecule has 1 fully saturated rings. The molecule has 0 aromatic heterocycles. The van der Waals surface area contributed by atoms with E-state index < -0.39 is 0 Å². The zero-order valence-corrected chi connectivity index (χ0v) is 11.8. The summed E-state index contributed by atoms with van der Waals surface area (Å²) in [6.07, 6.45) is 6.24. The molecule has 100 valence electrons. The number of hydrogen-bond donors (Lipinski definition) is 1. The molecule has 3 heteroatoms. The van der Waals surface area contributed by atoms with E-state index in [0.29, 0.717) is 6.04 Å². The molecule has 1 saturated heterocycles. The lowest BCUT2D eigenvalue weighted by molar-refractivity contribution is 0.281. The number of aliphatic hydroxyl groups excluding tert-OH is 1. The van der Waals surface area contributed by atoms with Crippen LogP contribution in [0.4, 0.5) is 5.69 Å². The molecule has 1 aromatic rings. The summed E-state index contributed by atoms with van der Waals surface area (Å²) < 4.78 is 0. The first kappa shape index (κ1) is 13.7. The second kappa shape index (κ2) is 6.44. The van der Waals surface area contributed by atoms with Crippen molar-refractivity contribution in [2.75, 3.05) is 11.4 Å². The quantitative estimate of drug-likeness (QED) is 0.895. The molecule has 1 aliphatic heterocycles. The first-order chi connectivity index (χ1) is 8.76. The maximum Gasteiger partial charge on any atom is 0.0702 e. The highest BCUT2D eigenvalue weighted by atomic mass is 35.5. The van der Waals surface area contributed by atoms with Crippen molar-refractivity contribution in [3.8, 4) is 0 Å². The van der Waals surface area contributed by atoms with Crippen LogP contribution in [0.25, 0.3) is 0 Å². The Labute approximate surface area is 115 Å². The van der Waals surface area contributed by atoms with Crippen molar-refractivity contribution in [1.82, 2.24) is 0 Å². The van der Waals surface area contributed by atoms with Gasteiger partial charge in [-0.2, -0.15) is 0 Å². The van der Waals surface area contributed by atoms with Gasteiger partial charge in [0.2, 0.25) is 0 Å². The number of nitrogens with zero attached hydrogens (tertiary/aromatic N) is 1. The fourth-order valence-corrected chi connectivity index (χ4v) is 3.02. The monoisotopic (exact) mass is 267 g/mol. The minimum Gasteiger partial charge on any atom is -0.392 e. The van der Waals surface area contributed by atoms with Crippen LogP contribution in [0.15, 0.2) is 18.2 Å². The third kappa shape index (κ3) is 2.99. The highest BCUT2D eigenvalue weighted by molar-refractivity contribution is 6.30. The number of hydrogen-bond acceptors (Lipinski definition) is 2. The van der Waals surface area contributed by atoms with E-state index in [2.05, 4.69) is 11.8 Å². The van der Waals surface area contributed by atoms with Crippen LogP contribution in [-0.2, 0) is 6.61 Å². The van der Waals surface area contributed by atoms with Crippen LogP contribution in [0.5, 0.6) is 0 Å². The van der Waals surface area contributed by atoms with Gasteiger partial charge in [0, 0.05) is 28.9 Å². The molecule has 1 aliphatic rings. The molecule has 2 nitrogen and oxygen atoms in total. The third-order valence-electron chi connectivity index (χ3n) is 3.88. The standard InChI is InChI=1S/C15H22ClNO/c1-2-14-6-4-3-5-9-17(14)15-10-13(16)8-7-12(15)11-18/h7-8,10,14,18H,2-6,9,11H2,1H3. The van der Waals surface area contributed by atoms with Crippen LogP contribution >= 0.6 is 11.6 Å². The second-order valence-electron chi connectivity index (χ2n) is 5.04. The van der Waals surface area contributed by atoms with E-state index in [9.17, 15) is 5.11 Å². The lowest BCUT2D eigenvalue weighted by Gasteiger charge is -2.33. The van der Waals surface area contributed by atoms with Gasteiger partial charge in [-0.15, -0.1) is 0 Å². The molecule has 0 bridgehead atoms. The summed E-state index contributed by atoms with van der Waals surface area (Å²) in [6, 6.07) is 6.38. The van der Waals surface area contributed by atoms with Crippen molar-refractivity contribution in [3.05, 3.63) is 28.8 Å². The van der Waals surface area contributed by atoms with Crippen LogP contribution in [0.3, 0.4) is 0 Å². The molecule has 0 spiro atoms. The lowest BCUT2D eigenvalue weighted by atomic mass is 10.1. The Bertz CT molecular complexity index is 394. The first-order valence-corrected chi connectivity index (χ1v) is 7.30. The molecule has 1 N–H and O–H groups in total. The van der Waals surface area contributed by atoms with Gasteiger partial charge in [-0.05, 0) is 31.4 Å². The largest absolute Gasteiger partial charge is 0.392 e. The highest BCUT2D eigenvalue weighted by Gasteiger charge is 2.21. The summed E-state index contributed by atoms with van der Waals surface area (Å²) >= 11 is 6.12. The molecule has 0 aliphatic carbocycles. The van der Waals surface area contributed by atoms with Gasteiger partial charge in [-0.3, -0.25) is 0 Å². The zero-order valence-electron chi connectivity index (χ0n) is 11.0. The predicted octanol–water partition coefficient (Wildman–Crippen LogP) is 3.99. The molecule has 2 rings (SSSR count). The van der Waals surface area contributed by atoms with E-state index in [1.165, 1.54) is 25.7 Å². The van der Waals surface area contributed by atoms with Crippen LogP contribution in [-0.4, -0.2) is 17.7 Å². The summed E-state index contributed by atoms with van der Waals surface area (Å²) in [5.74, 6) is 0. The summed E-state index contributed by atoms with van der Waals surface area (Å²) in [4.78, 5) is 2.45. The number of benzene rings is 1. The van der Waals surface area contributed by atoms with Gasteiger partial charge in [0.1, 0.15) is 0 Å². The molecule has 1 aromatic carbocycles. The Kier molecular flexibility index (Phi) is 4.90. The number of aliphatic hydroxyl groups is 1. The molecule has 18 heavy (non-hydrogen) atoms. The van der Waals surface area contributed by atoms with Crippen molar-refractivity contribution in [2.24, 2.45) is 0 Å². The summed E-state index contributed by atoms with van der Waals surface area (Å²) in [5, 5.41) is 10.3. The van der Waals surface area contributed by atoms with E-state index in [1.807, 2.05) is 18.2 Å². The van der Waals surface area contributed by atoms with Crippen molar-refractivity contribution >= 4 is 17.3 Å². The third-order valence-corrected chi connectivity index (χ3v) is 4.11. The van der Waals surface area contributed by atoms with Crippen LogP contribution in [0.2, 0.25) is 5.02 Å². The van der Waals surface area contributed by atoms with Gasteiger partial charge >= 0.3 is 0 Å². The van der Waals surface area contributed by atoms with E-state index in [-0.39, 0.29) is 6.61 Å². The van der Waals surface area contributed by atoms with Crippen molar-refractivity contribution in [3.63, 3.8) is 0 Å². The Morgan fingerprint density at radius 2 is 2.17 bits per heavy atom. The SMILES string of the molecule is CCC1CCCCCN1c1cc(Cl)ccc1CO. The van der Waals surface area contributed by atoms with Gasteiger partial charge in [0.05, 0.1) is 6.61 Å². The summed E-state index contributed by atoms with van der Waals surface area (Å²) in [7, 11) is 0. The van der Waals surface area contributed by atoms with Crippen molar-refractivity contribution < 1.29 is 5.11 Å². The number of rotatable bonds is 3. The van der Waals surface area contributed by atoms with Gasteiger partial charge < -0.3 is 10.0 Å². The van der Waals surface area contributed by atoms with Gasteiger partial charge in [-0.1, -0.05) is 37.4 Å². The number of halogens is 1. The Morgan fingerprint density at radius 1 is 1.33 bits per heavy atom. The molecular weight excluding hydrogens is 246 g/mol. The Morgan fingerprint density at radius 3 is 2.89 bits per heavy atom. The van der Waals surface area contributed by atoms with Gasteiger partial charge in [-0.25, -0.2) is 0 Å². The van der Waals surface area contributed by atoms with E-state index in [1.54, 1.807) is 0 Å². The summed E-state index contributed by atoms with van der Waals surface area (Å²) in [5.41, 5.74) is 2.11. The molecule has 1 heterocycles. The van der Waals surface area contributed by atoms with Crippen molar-refractivity contribution in [1.29, 1.82) is 0 Å². The average Bonchev–Trinajstić information content (AvgIpc) is 2.63. The first-order valence-electron chi connectivity index (χ1n) is 6.92. The van der Waals surface area contributed by atoms with Crippen molar-refractivity contribution in [2.45, 2.75) is 51.7 Å². The maximum atomic E-state index is 9.50. The molecule has 0 saturated carbocycles. The van der Waals surface area contributed by atoms with Crippen LogP contribution in [0.1, 0.15) is 44.6 Å². The van der Waals surface area contributed by atoms with E-state index in [4.69, 9.17) is 11.6 Å². The summed E-state index contributed by atoms with van der Waals surface area (Å²) in [6.45, 7) is 3.40. The molecule has 1 unspecified atom stereocenters. The lowest BCUT2D eigenvalue weighted by Crippen LogP contribution is -2.35. The molecule has 0 amide bonds. The van der Waals surface area contributed by atoms with E-state index in [0.717, 1.165) is 29.2 Å². The highest BCUT2D eigenvalue weighted by Crippen LogP contribution is 2.31. The molecular formula is C15H22ClNO. The fraction of sp³-hybridized carbons (Fsp3) is 0.600. The maximum absolute atomic E-state index is 9.50.